The third-order valence-electron chi connectivity index (χ3n) is 3.72. The van der Waals surface area contributed by atoms with Gasteiger partial charge in [-0.3, -0.25) is 4.79 Å². The van der Waals surface area contributed by atoms with Crippen molar-refractivity contribution in [1.82, 2.24) is 4.90 Å². The molecule has 0 unspecified atom stereocenters. The Morgan fingerprint density at radius 3 is 2.65 bits per heavy atom. The maximum absolute atomic E-state index is 12.4. The van der Waals surface area contributed by atoms with E-state index in [0.717, 1.165) is 22.6 Å². The zero-order valence-corrected chi connectivity index (χ0v) is 13.7. The molecule has 1 aromatic rings. The van der Waals surface area contributed by atoms with Gasteiger partial charge in [-0.1, -0.05) is 44.5 Å². The van der Waals surface area contributed by atoms with Crippen LogP contribution in [0.1, 0.15) is 31.9 Å². The van der Waals surface area contributed by atoms with Gasteiger partial charge in [0.15, 0.2) is 0 Å². The highest BCUT2D eigenvalue weighted by Crippen LogP contribution is 2.27. The molecule has 0 bridgehead atoms. The SMILES string of the molecule is CC(C)(C)[C@H](N)C(=O)N1CCc2c(Cl)cccc2C1.Cl. The smallest absolute Gasteiger partial charge is 0.240 e. The molecule has 0 spiro atoms. The molecule has 2 N–H and O–H groups in total. The summed E-state index contributed by atoms with van der Waals surface area (Å²) in [7, 11) is 0. The predicted molar refractivity (Wildman–Crippen MR) is 85.3 cm³/mol. The fourth-order valence-corrected chi connectivity index (χ4v) is 2.61. The summed E-state index contributed by atoms with van der Waals surface area (Å²) in [6.07, 6.45) is 0.803. The van der Waals surface area contributed by atoms with Crippen molar-refractivity contribution in [2.24, 2.45) is 11.1 Å². The van der Waals surface area contributed by atoms with E-state index in [-0.39, 0.29) is 23.7 Å². The molecule has 0 aliphatic carbocycles. The summed E-state index contributed by atoms with van der Waals surface area (Å²) in [6, 6.07) is 5.40. The van der Waals surface area contributed by atoms with E-state index in [1.807, 2.05) is 43.9 Å². The van der Waals surface area contributed by atoms with Gasteiger partial charge in [0.1, 0.15) is 0 Å². The van der Waals surface area contributed by atoms with Gasteiger partial charge in [-0.25, -0.2) is 0 Å². The Labute approximate surface area is 131 Å². The molecule has 2 rings (SSSR count). The van der Waals surface area contributed by atoms with Crippen LogP contribution in [0.15, 0.2) is 18.2 Å². The Kier molecular flexibility index (Phi) is 5.47. The molecule has 1 aromatic carbocycles. The summed E-state index contributed by atoms with van der Waals surface area (Å²) in [5, 5.41) is 0.796. The van der Waals surface area contributed by atoms with Gasteiger partial charge in [0, 0.05) is 18.1 Å². The van der Waals surface area contributed by atoms with Crippen molar-refractivity contribution in [3.05, 3.63) is 34.3 Å². The summed E-state index contributed by atoms with van der Waals surface area (Å²) in [4.78, 5) is 14.2. The molecular weight excluding hydrogens is 295 g/mol. The van der Waals surface area contributed by atoms with E-state index >= 15 is 0 Å². The normalized spacial score (nSPS) is 16.1. The molecule has 112 valence electrons. The number of hydrogen-bond donors (Lipinski definition) is 1. The van der Waals surface area contributed by atoms with Crippen LogP contribution in [0.2, 0.25) is 5.02 Å². The molecule has 1 aliphatic heterocycles. The molecule has 0 saturated heterocycles. The maximum atomic E-state index is 12.4. The monoisotopic (exact) mass is 316 g/mol. The Balaban J connectivity index is 0.00000200. The lowest BCUT2D eigenvalue weighted by Gasteiger charge is -2.35. The highest BCUT2D eigenvalue weighted by atomic mass is 35.5. The van der Waals surface area contributed by atoms with Gasteiger partial charge in [0.05, 0.1) is 6.04 Å². The van der Waals surface area contributed by atoms with Crippen LogP contribution in [0.4, 0.5) is 0 Å². The van der Waals surface area contributed by atoms with Crippen LogP contribution < -0.4 is 5.73 Å². The molecule has 1 amide bonds. The van der Waals surface area contributed by atoms with E-state index in [2.05, 4.69) is 0 Å². The third-order valence-corrected chi connectivity index (χ3v) is 4.07. The van der Waals surface area contributed by atoms with Crippen molar-refractivity contribution in [2.45, 2.75) is 39.8 Å². The number of hydrogen-bond acceptors (Lipinski definition) is 2. The van der Waals surface area contributed by atoms with E-state index in [4.69, 9.17) is 17.3 Å². The van der Waals surface area contributed by atoms with E-state index in [1.54, 1.807) is 0 Å². The number of halogens is 2. The minimum Gasteiger partial charge on any atom is -0.337 e. The molecule has 0 fully saturated rings. The van der Waals surface area contributed by atoms with Gasteiger partial charge in [0.25, 0.3) is 0 Å². The topological polar surface area (TPSA) is 46.3 Å². The van der Waals surface area contributed by atoms with Crippen LogP contribution in [-0.2, 0) is 17.8 Å². The summed E-state index contributed by atoms with van der Waals surface area (Å²) in [5.74, 6) is 0.0260. The third kappa shape index (κ3) is 3.46. The number of fused-ring (bicyclic) bond motifs is 1. The molecule has 20 heavy (non-hydrogen) atoms. The van der Waals surface area contributed by atoms with Gasteiger partial charge in [-0.15, -0.1) is 12.4 Å². The summed E-state index contributed by atoms with van der Waals surface area (Å²) in [6.45, 7) is 7.27. The minimum atomic E-state index is -0.465. The van der Waals surface area contributed by atoms with E-state index in [9.17, 15) is 4.79 Å². The average Bonchev–Trinajstić information content (AvgIpc) is 2.36. The Morgan fingerprint density at radius 1 is 1.40 bits per heavy atom. The molecule has 0 aromatic heterocycles. The predicted octanol–water partition coefficient (Wildman–Crippen LogP) is 3.02. The zero-order valence-electron chi connectivity index (χ0n) is 12.1. The number of carbonyl (C=O) groups excluding carboxylic acids is 1. The Bertz CT molecular complexity index is 497. The second-order valence-electron chi connectivity index (χ2n) is 6.23. The van der Waals surface area contributed by atoms with Crippen LogP contribution in [0, 0.1) is 5.41 Å². The summed E-state index contributed by atoms with van der Waals surface area (Å²) < 4.78 is 0. The van der Waals surface area contributed by atoms with Gasteiger partial charge >= 0.3 is 0 Å². The molecular formula is C15H22Cl2N2O. The van der Waals surface area contributed by atoms with Crippen LogP contribution >= 0.6 is 24.0 Å². The quantitative estimate of drug-likeness (QED) is 0.865. The molecule has 1 aliphatic rings. The van der Waals surface area contributed by atoms with Gasteiger partial charge in [0.2, 0.25) is 5.91 Å². The number of carbonyl (C=O) groups is 1. The molecule has 0 saturated carbocycles. The average molecular weight is 317 g/mol. The van der Waals surface area contributed by atoms with E-state index in [0.29, 0.717) is 13.1 Å². The Morgan fingerprint density at radius 2 is 2.05 bits per heavy atom. The number of nitrogens with zero attached hydrogens (tertiary/aromatic N) is 1. The lowest BCUT2D eigenvalue weighted by atomic mass is 9.86. The maximum Gasteiger partial charge on any atom is 0.240 e. The van der Waals surface area contributed by atoms with Crippen molar-refractivity contribution in [3.8, 4) is 0 Å². The molecule has 1 atom stereocenters. The fraction of sp³-hybridized carbons (Fsp3) is 0.533. The van der Waals surface area contributed by atoms with Crippen molar-refractivity contribution >= 4 is 29.9 Å². The standard InChI is InChI=1S/C15H21ClN2O.ClH/c1-15(2,3)13(17)14(19)18-8-7-11-10(9-18)5-4-6-12(11)16;/h4-6,13H,7-9,17H2,1-3H3;1H/t13-;/m1./s1. The molecule has 1 heterocycles. The zero-order chi connectivity index (χ0) is 14.2. The first kappa shape index (κ1) is 17.3. The van der Waals surface area contributed by atoms with Crippen LogP contribution in [0.5, 0.6) is 0 Å². The largest absolute Gasteiger partial charge is 0.337 e. The van der Waals surface area contributed by atoms with Gasteiger partial charge in [-0.05, 0) is 29.0 Å². The van der Waals surface area contributed by atoms with Gasteiger partial charge in [-0.2, -0.15) is 0 Å². The second kappa shape index (κ2) is 6.33. The van der Waals surface area contributed by atoms with Crippen LogP contribution in [0.25, 0.3) is 0 Å². The molecule has 5 heteroatoms. The Hall–Kier alpha value is -0.770. The molecule has 3 nitrogen and oxygen atoms in total. The van der Waals surface area contributed by atoms with Crippen molar-refractivity contribution in [3.63, 3.8) is 0 Å². The first-order valence-electron chi connectivity index (χ1n) is 6.61. The van der Waals surface area contributed by atoms with Crippen LogP contribution in [0.3, 0.4) is 0 Å². The highest BCUT2D eigenvalue weighted by Gasteiger charge is 2.32. The first-order chi connectivity index (χ1) is 8.80. The lowest BCUT2D eigenvalue weighted by molar-refractivity contribution is -0.135. The van der Waals surface area contributed by atoms with Crippen LogP contribution in [-0.4, -0.2) is 23.4 Å². The number of benzene rings is 1. The van der Waals surface area contributed by atoms with Crippen molar-refractivity contribution in [2.75, 3.05) is 6.54 Å². The first-order valence-corrected chi connectivity index (χ1v) is 6.99. The highest BCUT2D eigenvalue weighted by molar-refractivity contribution is 6.31. The number of nitrogens with two attached hydrogens (primary N) is 1. The van der Waals surface area contributed by atoms with Gasteiger partial charge < -0.3 is 10.6 Å². The van der Waals surface area contributed by atoms with E-state index in [1.165, 1.54) is 0 Å². The van der Waals surface area contributed by atoms with Crippen molar-refractivity contribution < 1.29 is 4.79 Å². The fourth-order valence-electron chi connectivity index (χ4n) is 2.32. The summed E-state index contributed by atoms with van der Waals surface area (Å²) >= 11 is 6.18. The minimum absolute atomic E-state index is 0. The van der Waals surface area contributed by atoms with E-state index < -0.39 is 6.04 Å². The second-order valence-corrected chi connectivity index (χ2v) is 6.64. The summed E-state index contributed by atoms with van der Waals surface area (Å²) in [5.41, 5.74) is 8.14. The molecule has 0 radical (unpaired) electrons. The lowest BCUT2D eigenvalue weighted by Crippen LogP contribution is -2.51. The number of amides is 1. The van der Waals surface area contributed by atoms with Crippen molar-refractivity contribution in [1.29, 1.82) is 0 Å². The number of rotatable bonds is 1.